The minimum Gasteiger partial charge on any atom is -0.463 e. The number of aliphatic hydroxyl groups is 1. The van der Waals surface area contributed by atoms with E-state index in [9.17, 15) is 24.2 Å². The number of phosphoric ester groups is 1. The van der Waals surface area contributed by atoms with Gasteiger partial charge in [0.15, 0.2) is 0 Å². The number of carbonyl (C=O) groups excluding carboxylic acids is 2. The van der Waals surface area contributed by atoms with Gasteiger partial charge in [-0.1, -0.05) is 115 Å². The van der Waals surface area contributed by atoms with Crippen molar-refractivity contribution in [3.63, 3.8) is 0 Å². The molecule has 0 saturated heterocycles. The first-order valence-corrected chi connectivity index (χ1v) is 18.5. The van der Waals surface area contributed by atoms with Gasteiger partial charge in [-0.15, -0.1) is 0 Å². The van der Waals surface area contributed by atoms with Crippen LogP contribution < -0.4 is 5.32 Å². The van der Waals surface area contributed by atoms with Crippen LogP contribution in [0.5, 0.6) is 0 Å². The molecule has 0 heterocycles. The molecule has 0 rings (SSSR count). The number of amides is 1. The summed E-state index contributed by atoms with van der Waals surface area (Å²) < 4.78 is 26.6. The van der Waals surface area contributed by atoms with Crippen molar-refractivity contribution < 1.29 is 37.9 Å². The van der Waals surface area contributed by atoms with E-state index < -0.39 is 26.5 Å². The lowest BCUT2D eigenvalue weighted by atomic mass is 10.1. The van der Waals surface area contributed by atoms with E-state index in [4.69, 9.17) is 13.8 Å². The molecule has 0 fully saturated rings. The highest BCUT2D eigenvalue weighted by molar-refractivity contribution is 7.47. The van der Waals surface area contributed by atoms with Crippen LogP contribution in [0.3, 0.4) is 0 Å². The van der Waals surface area contributed by atoms with Crippen LogP contribution in [0.4, 0.5) is 0 Å². The van der Waals surface area contributed by atoms with Crippen molar-refractivity contribution in [1.29, 1.82) is 0 Å². The Morgan fingerprint density at radius 1 is 0.727 bits per heavy atom. The van der Waals surface area contributed by atoms with E-state index >= 15 is 0 Å². The predicted octanol–water partition coefficient (Wildman–Crippen LogP) is 8.26. The number of aliphatic hydroxyl groups excluding tert-OH is 1. The summed E-state index contributed by atoms with van der Waals surface area (Å²) in [4.78, 5) is 33.5. The summed E-state index contributed by atoms with van der Waals surface area (Å²) in [7, 11) is -4.40. The smallest absolute Gasteiger partial charge is 0.463 e. The summed E-state index contributed by atoms with van der Waals surface area (Å²) in [6.45, 7) is 3.34. The maximum atomic E-state index is 12.0. The number of nitrogens with one attached hydrogen (secondary N) is 1. The van der Waals surface area contributed by atoms with Gasteiger partial charge in [0.2, 0.25) is 5.91 Å². The standard InChI is InChI=1S/C34H62NO8P/c1-3-5-7-9-11-12-13-14-15-16-17-18-19-20-21-23-25-27-34(38)41-30-32(36)31-43-44(39,40)42-29-28-35-33(37)26-24-22-10-8-6-4-2/h5,7,11-12,14-15,32,36H,3-4,6,8-10,13,16-31H2,1-2H3,(H,35,37)(H,39,40)/b7-5-,12-11-,15-14-. The molecule has 44 heavy (non-hydrogen) atoms. The Hall–Kier alpha value is -1.77. The summed E-state index contributed by atoms with van der Waals surface area (Å²) in [5, 5.41) is 12.6. The molecule has 0 bridgehead atoms. The van der Waals surface area contributed by atoms with Gasteiger partial charge in [-0.05, 0) is 44.9 Å². The van der Waals surface area contributed by atoms with Gasteiger partial charge in [-0.3, -0.25) is 18.6 Å². The molecule has 0 spiro atoms. The second kappa shape index (κ2) is 31.2. The fourth-order valence-electron chi connectivity index (χ4n) is 4.27. The molecule has 0 saturated carbocycles. The first-order chi connectivity index (χ1) is 21.3. The fraction of sp³-hybridized carbons (Fsp3) is 0.765. The topological polar surface area (TPSA) is 131 Å². The number of hydrogen-bond donors (Lipinski definition) is 3. The molecule has 2 atom stereocenters. The molecule has 0 aliphatic heterocycles. The zero-order valence-electron chi connectivity index (χ0n) is 27.6. The van der Waals surface area contributed by atoms with E-state index in [1.807, 2.05) is 0 Å². The lowest BCUT2D eigenvalue weighted by Crippen LogP contribution is -2.27. The Bertz CT molecular complexity index is 830. The molecule has 2 unspecified atom stereocenters. The third kappa shape index (κ3) is 31.6. The molecule has 0 radical (unpaired) electrons. The van der Waals surface area contributed by atoms with E-state index in [0.29, 0.717) is 6.42 Å². The number of phosphoric acid groups is 1. The van der Waals surface area contributed by atoms with Gasteiger partial charge in [0.25, 0.3) is 0 Å². The van der Waals surface area contributed by atoms with E-state index in [-0.39, 0.29) is 32.1 Å². The minimum atomic E-state index is -4.40. The highest BCUT2D eigenvalue weighted by atomic mass is 31.2. The maximum Gasteiger partial charge on any atom is 0.472 e. The van der Waals surface area contributed by atoms with Gasteiger partial charge >= 0.3 is 13.8 Å². The van der Waals surface area contributed by atoms with E-state index in [1.165, 1.54) is 38.5 Å². The minimum absolute atomic E-state index is 0.0798. The van der Waals surface area contributed by atoms with Gasteiger partial charge in [0, 0.05) is 19.4 Å². The Morgan fingerprint density at radius 3 is 1.95 bits per heavy atom. The number of ether oxygens (including phenoxy) is 1. The fourth-order valence-corrected chi connectivity index (χ4v) is 5.03. The quantitative estimate of drug-likeness (QED) is 0.0298. The number of hydrogen-bond acceptors (Lipinski definition) is 7. The van der Waals surface area contributed by atoms with Crippen LogP contribution in [0.25, 0.3) is 0 Å². The highest BCUT2D eigenvalue weighted by Gasteiger charge is 2.23. The zero-order valence-corrected chi connectivity index (χ0v) is 28.5. The second-order valence-corrected chi connectivity index (χ2v) is 12.6. The van der Waals surface area contributed by atoms with Crippen LogP contribution in [-0.4, -0.2) is 54.3 Å². The van der Waals surface area contributed by atoms with Gasteiger partial charge < -0.3 is 20.1 Å². The van der Waals surface area contributed by atoms with Gasteiger partial charge in [-0.25, -0.2) is 4.57 Å². The van der Waals surface area contributed by atoms with Gasteiger partial charge in [0.1, 0.15) is 12.7 Å². The molecule has 1 amide bonds. The van der Waals surface area contributed by atoms with Crippen molar-refractivity contribution in [1.82, 2.24) is 5.32 Å². The summed E-state index contributed by atoms with van der Waals surface area (Å²) in [6, 6.07) is 0. The summed E-state index contributed by atoms with van der Waals surface area (Å²) in [5.41, 5.74) is 0. The number of carbonyl (C=O) groups is 2. The molecular weight excluding hydrogens is 581 g/mol. The molecule has 0 aromatic rings. The average Bonchev–Trinajstić information content (AvgIpc) is 3.00. The van der Waals surface area contributed by atoms with Crippen LogP contribution in [0, 0.1) is 0 Å². The number of rotatable bonds is 31. The lowest BCUT2D eigenvalue weighted by Gasteiger charge is -2.15. The largest absolute Gasteiger partial charge is 0.472 e. The molecule has 3 N–H and O–H groups in total. The number of unbranched alkanes of at least 4 members (excludes halogenated alkanes) is 12. The number of esters is 1. The van der Waals surface area contributed by atoms with E-state index in [1.54, 1.807) is 0 Å². The zero-order chi connectivity index (χ0) is 32.6. The normalized spacial score (nSPS) is 14.0. The summed E-state index contributed by atoms with van der Waals surface area (Å²) in [5.74, 6) is -0.539. The monoisotopic (exact) mass is 643 g/mol. The Balaban J connectivity index is 3.65. The Labute approximate surface area is 267 Å². The molecule has 0 aliphatic carbocycles. The van der Waals surface area contributed by atoms with Crippen molar-refractivity contribution in [2.24, 2.45) is 0 Å². The predicted molar refractivity (Wildman–Crippen MR) is 178 cm³/mol. The molecule has 10 heteroatoms. The summed E-state index contributed by atoms with van der Waals surface area (Å²) in [6.07, 6.45) is 31.0. The van der Waals surface area contributed by atoms with Gasteiger partial charge in [-0.2, -0.15) is 0 Å². The Morgan fingerprint density at radius 2 is 1.30 bits per heavy atom. The first-order valence-electron chi connectivity index (χ1n) is 17.0. The lowest BCUT2D eigenvalue weighted by molar-refractivity contribution is -0.147. The Kier molecular flexibility index (Phi) is 30.0. The molecule has 0 aliphatic rings. The van der Waals surface area contributed by atoms with Crippen molar-refractivity contribution in [3.05, 3.63) is 36.5 Å². The average molecular weight is 644 g/mol. The molecule has 0 aromatic carbocycles. The van der Waals surface area contributed by atoms with Crippen LogP contribution >= 0.6 is 7.82 Å². The van der Waals surface area contributed by atoms with Crippen molar-refractivity contribution in [2.75, 3.05) is 26.4 Å². The maximum absolute atomic E-state index is 12.0. The van der Waals surface area contributed by atoms with Crippen molar-refractivity contribution >= 4 is 19.7 Å². The molecular formula is C34H62NO8P. The molecule has 9 nitrogen and oxygen atoms in total. The second-order valence-electron chi connectivity index (χ2n) is 11.1. The van der Waals surface area contributed by atoms with Crippen molar-refractivity contribution in [2.45, 2.75) is 142 Å². The van der Waals surface area contributed by atoms with E-state index in [0.717, 1.165) is 70.6 Å². The SMILES string of the molecule is CC/C=C\C/C=C\C/C=C\CCCCCCCCCC(=O)OCC(O)COP(=O)(O)OCCNC(=O)CCCCCCCC. The van der Waals surface area contributed by atoms with Crippen LogP contribution in [0.15, 0.2) is 36.5 Å². The van der Waals surface area contributed by atoms with Crippen molar-refractivity contribution in [3.8, 4) is 0 Å². The van der Waals surface area contributed by atoms with Crippen LogP contribution in [0.1, 0.15) is 136 Å². The van der Waals surface area contributed by atoms with Crippen LogP contribution in [0.2, 0.25) is 0 Å². The number of allylic oxidation sites excluding steroid dienone is 6. The molecule has 256 valence electrons. The van der Waals surface area contributed by atoms with E-state index in [2.05, 4.69) is 55.6 Å². The molecule has 0 aromatic heterocycles. The highest BCUT2D eigenvalue weighted by Crippen LogP contribution is 2.42. The van der Waals surface area contributed by atoms with Crippen LogP contribution in [-0.2, 0) is 27.9 Å². The summed E-state index contributed by atoms with van der Waals surface area (Å²) >= 11 is 0. The first kappa shape index (κ1) is 42.2. The third-order valence-corrected chi connectivity index (χ3v) is 7.82. The third-order valence-electron chi connectivity index (χ3n) is 6.83. The van der Waals surface area contributed by atoms with Gasteiger partial charge in [0.05, 0.1) is 13.2 Å².